The van der Waals surface area contributed by atoms with Gasteiger partial charge in [-0.3, -0.25) is 0 Å². The van der Waals surface area contributed by atoms with Gasteiger partial charge >= 0.3 is 0 Å². The minimum Gasteiger partial charge on any atom is -0.490 e. The van der Waals surface area contributed by atoms with Crippen LogP contribution in [0.4, 0.5) is 0 Å². The lowest BCUT2D eigenvalue weighted by Gasteiger charge is -2.31. The first-order valence-corrected chi connectivity index (χ1v) is 7.46. The number of nitrogens with one attached hydrogen (secondary N) is 1. The maximum absolute atomic E-state index is 5.82. The average molecular weight is 261 g/mol. The van der Waals surface area contributed by atoms with E-state index in [1.807, 2.05) is 0 Å². The third-order valence-corrected chi connectivity index (χ3v) is 4.20. The van der Waals surface area contributed by atoms with Gasteiger partial charge in [0.25, 0.3) is 0 Å². The molecule has 3 heteroatoms. The average Bonchev–Trinajstić information content (AvgIpc) is 2.65. The second-order valence-corrected chi connectivity index (χ2v) is 5.57. The van der Waals surface area contributed by atoms with Crippen molar-refractivity contribution in [2.45, 2.75) is 45.1 Å². The second-order valence-electron chi connectivity index (χ2n) is 5.57. The van der Waals surface area contributed by atoms with E-state index < -0.39 is 0 Å². The number of ether oxygens (including phenoxy) is 2. The van der Waals surface area contributed by atoms with Gasteiger partial charge in [-0.2, -0.15) is 0 Å². The normalized spacial score (nSPS) is 25.6. The van der Waals surface area contributed by atoms with Crippen LogP contribution in [0.2, 0.25) is 0 Å². The van der Waals surface area contributed by atoms with Crippen LogP contribution in [-0.4, -0.2) is 19.8 Å². The number of benzene rings is 1. The Balaban J connectivity index is 2.02. The topological polar surface area (TPSA) is 30.5 Å². The summed E-state index contributed by atoms with van der Waals surface area (Å²) in [5.74, 6) is 2.47. The Morgan fingerprint density at radius 3 is 2.47 bits per heavy atom. The van der Waals surface area contributed by atoms with E-state index in [0.29, 0.717) is 12.0 Å². The number of hydrogen-bond donors (Lipinski definition) is 1. The highest BCUT2D eigenvalue weighted by Gasteiger charge is 2.27. The minimum absolute atomic E-state index is 0.466. The molecule has 0 fully saturated rings. The molecule has 0 aromatic heterocycles. The fourth-order valence-corrected chi connectivity index (χ4v) is 3.15. The van der Waals surface area contributed by atoms with Crippen molar-refractivity contribution in [3.8, 4) is 11.5 Å². The van der Waals surface area contributed by atoms with Crippen LogP contribution >= 0.6 is 0 Å². The van der Waals surface area contributed by atoms with Crippen molar-refractivity contribution in [2.24, 2.45) is 0 Å². The zero-order valence-electron chi connectivity index (χ0n) is 11.9. The molecule has 0 saturated carbocycles. The van der Waals surface area contributed by atoms with Gasteiger partial charge in [0.15, 0.2) is 11.5 Å². The Kier molecular flexibility index (Phi) is 3.65. The molecule has 3 rings (SSSR count). The van der Waals surface area contributed by atoms with Crippen LogP contribution in [-0.2, 0) is 0 Å². The Bertz CT molecular complexity index is 458. The van der Waals surface area contributed by atoms with Gasteiger partial charge in [-0.25, -0.2) is 0 Å². The molecule has 2 atom stereocenters. The molecule has 0 radical (unpaired) electrons. The first-order chi connectivity index (χ1) is 9.29. The number of rotatable bonds is 2. The predicted molar refractivity (Wildman–Crippen MR) is 76.1 cm³/mol. The van der Waals surface area contributed by atoms with Crippen molar-refractivity contribution in [1.82, 2.24) is 5.32 Å². The summed E-state index contributed by atoms with van der Waals surface area (Å²) in [5, 5.41) is 3.59. The van der Waals surface area contributed by atoms with Gasteiger partial charge < -0.3 is 14.8 Å². The van der Waals surface area contributed by atoms with E-state index in [1.54, 1.807) is 0 Å². The standard InChI is InChI=1S/C16H23NO2/c1-3-17-14-6-5-11(2)12-9-15-16(10-13(12)14)19-8-4-7-18-15/h9-11,14,17H,3-8H2,1-2H3. The zero-order valence-corrected chi connectivity index (χ0v) is 11.9. The minimum atomic E-state index is 0.466. The van der Waals surface area contributed by atoms with Crippen LogP contribution in [0.25, 0.3) is 0 Å². The molecule has 104 valence electrons. The third-order valence-electron chi connectivity index (χ3n) is 4.20. The molecule has 2 aliphatic rings. The van der Waals surface area contributed by atoms with Gasteiger partial charge in [0.05, 0.1) is 13.2 Å². The van der Waals surface area contributed by atoms with E-state index in [9.17, 15) is 0 Å². The predicted octanol–water partition coefficient (Wildman–Crippen LogP) is 3.40. The maximum Gasteiger partial charge on any atom is 0.161 e. The molecule has 1 heterocycles. The van der Waals surface area contributed by atoms with Crippen molar-refractivity contribution in [3.63, 3.8) is 0 Å². The fraction of sp³-hybridized carbons (Fsp3) is 0.625. The molecule has 1 aromatic rings. The zero-order chi connectivity index (χ0) is 13.2. The van der Waals surface area contributed by atoms with Gasteiger partial charge in [0.1, 0.15) is 0 Å². The van der Waals surface area contributed by atoms with E-state index in [0.717, 1.165) is 37.7 Å². The quantitative estimate of drug-likeness (QED) is 0.885. The summed E-state index contributed by atoms with van der Waals surface area (Å²) in [6, 6.07) is 4.89. The van der Waals surface area contributed by atoms with Crippen molar-refractivity contribution < 1.29 is 9.47 Å². The summed E-state index contributed by atoms with van der Waals surface area (Å²) < 4.78 is 11.6. The Morgan fingerprint density at radius 1 is 1.11 bits per heavy atom. The van der Waals surface area contributed by atoms with Crippen LogP contribution in [0.1, 0.15) is 56.2 Å². The SMILES string of the molecule is CCNC1CCC(C)c2cc3c(cc21)OCCCO3. The Morgan fingerprint density at radius 2 is 1.79 bits per heavy atom. The highest BCUT2D eigenvalue weighted by atomic mass is 16.5. The highest BCUT2D eigenvalue weighted by Crippen LogP contribution is 2.43. The molecule has 1 aromatic carbocycles. The summed E-state index contributed by atoms with van der Waals surface area (Å²) in [7, 11) is 0. The summed E-state index contributed by atoms with van der Waals surface area (Å²) in [4.78, 5) is 0. The number of fused-ring (bicyclic) bond motifs is 2. The van der Waals surface area contributed by atoms with Gasteiger partial charge in [0.2, 0.25) is 0 Å². The largest absolute Gasteiger partial charge is 0.490 e. The molecule has 0 bridgehead atoms. The van der Waals surface area contributed by atoms with E-state index in [4.69, 9.17) is 9.47 Å². The van der Waals surface area contributed by atoms with E-state index >= 15 is 0 Å². The molecular weight excluding hydrogens is 238 g/mol. The van der Waals surface area contributed by atoms with Crippen molar-refractivity contribution in [1.29, 1.82) is 0 Å². The first kappa shape index (κ1) is 12.8. The number of hydrogen-bond acceptors (Lipinski definition) is 3. The Hall–Kier alpha value is -1.22. The van der Waals surface area contributed by atoms with Gasteiger partial charge in [-0.15, -0.1) is 0 Å². The third kappa shape index (κ3) is 2.44. The molecule has 0 saturated heterocycles. The van der Waals surface area contributed by atoms with Crippen molar-refractivity contribution in [3.05, 3.63) is 23.3 Å². The van der Waals surface area contributed by atoms with Gasteiger partial charge in [-0.05, 0) is 48.6 Å². The summed E-state index contributed by atoms with van der Waals surface area (Å²) in [5.41, 5.74) is 2.84. The van der Waals surface area contributed by atoms with Crippen molar-refractivity contribution >= 4 is 0 Å². The molecule has 1 aliphatic carbocycles. The summed E-state index contributed by atoms with van der Waals surface area (Å²) in [6.45, 7) is 7.00. The lowest BCUT2D eigenvalue weighted by molar-refractivity contribution is 0.297. The fourth-order valence-electron chi connectivity index (χ4n) is 3.15. The van der Waals surface area contributed by atoms with Crippen molar-refractivity contribution in [2.75, 3.05) is 19.8 Å². The summed E-state index contributed by atoms with van der Waals surface area (Å²) >= 11 is 0. The molecule has 3 nitrogen and oxygen atoms in total. The maximum atomic E-state index is 5.82. The first-order valence-electron chi connectivity index (χ1n) is 7.46. The van der Waals surface area contributed by atoms with Gasteiger partial charge in [-0.1, -0.05) is 13.8 Å². The molecule has 1 N–H and O–H groups in total. The lowest BCUT2D eigenvalue weighted by atomic mass is 9.80. The summed E-state index contributed by atoms with van der Waals surface area (Å²) in [6.07, 6.45) is 3.41. The molecule has 1 aliphatic heterocycles. The van der Waals surface area contributed by atoms with Crippen LogP contribution in [0.3, 0.4) is 0 Å². The monoisotopic (exact) mass is 261 g/mol. The molecule has 19 heavy (non-hydrogen) atoms. The lowest BCUT2D eigenvalue weighted by Crippen LogP contribution is -2.26. The molecule has 0 spiro atoms. The van der Waals surface area contributed by atoms with E-state index in [2.05, 4.69) is 31.3 Å². The van der Waals surface area contributed by atoms with Crippen LogP contribution < -0.4 is 14.8 Å². The van der Waals surface area contributed by atoms with Crippen LogP contribution in [0.15, 0.2) is 12.1 Å². The van der Waals surface area contributed by atoms with Crippen LogP contribution in [0, 0.1) is 0 Å². The molecule has 2 unspecified atom stereocenters. The van der Waals surface area contributed by atoms with Crippen LogP contribution in [0.5, 0.6) is 11.5 Å². The second kappa shape index (κ2) is 5.41. The molecular formula is C16H23NO2. The van der Waals surface area contributed by atoms with Gasteiger partial charge in [0, 0.05) is 12.5 Å². The Labute approximate surface area is 115 Å². The highest BCUT2D eigenvalue weighted by molar-refractivity contribution is 5.50. The smallest absolute Gasteiger partial charge is 0.161 e. The molecule has 0 amide bonds. The van der Waals surface area contributed by atoms with E-state index in [1.165, 1.54) is 24.0 Å². The van der Waals surface area contributed by atoms with E-state index in [-0.39, 0.29) is 0 Å².